The monoisotopic (exact) mass is 354 g/mol. The number of nitro benzene ring substituents is 2. The Morgan fingerprint density at radius 1 is 1.04 bits per heavy atom. The summed E-state index contributed by atoms with van der Waals surface area (Å²) in [7, 11) is 1.72. The minimum Gasteiger partial charge on any atom is -0.350 e. The van der Waals surface area contributed by atoms with E-state index in [2.05, 4.69) is 5.32 Å². The van der Waals surface area contributed by atoms with Gasteiger partial charge in [0.1, 0.15) is 6.17 Å². The first-order valence-corrected chi connectivity index (χ1v) is 7.61. The van der Waals surface area contributed by atoms with Crippen molar-refractivity contribution in [3.8, 4) is 0 Å². The molecule has 1 unspecified atom stereocenters. The second-order valence-electron chi connectivity index (χ2n) is 5.69. The number of nitrogens with one attached hydrogen (secondary N) is 1. The normalized spacial score (nSPS) is 15.3. The van der Waals surface area contributed by atoms with Crippen LogP contribution in [0.4, 0.5) is 17.1 Å². The summed E-state index contributed by atoms with van der Waals surface area (Å²) >= 11 is 0. The second-order valence-corrected chi connectivity index (χ2v) is 5.69. The van der Waals surface area contributed by atoms with Crippen molar-refractivity contribution in [1.82, 2.24) is 5.32 Å². The van der Waals surface area contributed by atoms with Gasteiger partial charge in [-0.2, -0.15) is 0 Å². The average Bonchev–Trinajstić information content (AvgIpc) is 2.63. The number of carbonyl (C=O) groups is 1. The molecule has 2 aromatic carbocycles. The molecule has 9 heteroatoms. The zero-order valence-electron chi connectivity index (χ0n) is 13.7. The van der Waals surface area contributed by atoms with Gasteiger partial charge < -0.3 is 10.2 Å². The van der Waals surface area contributed by atoms with Crippen molar-refractivity contribution in [2.75, 3.05) is 11.9 Å². The van der Waals surface area contributed by atoms with Crippen molar-refractivity contribution >= 4 is 29.0 Å². The summed E-state index contributed by atoms with van der Waals surface area (Å²) in [5, 5.41) is 24.4. The molecule has 1 atom stereocenters. The minimum atomic E-state index is -0.539. The molecule has 0 fully saturated rings. The van der Waals surface area contributed by atoms with Gasteiger partial charge in [0.15, 0.2) is 0 Å². The second kappa shape index (κ2) is 6.63. The summed E-state index contributed by atoms with van der Waals surface area (Å²) in [5.74, 6) is -0.407. The van der Waals surface area contributed by atoms with Crippen molar-refractivity contribution in [3.05, 3.63) is 79.9 Å². The van der Waals surface area contributed by atoms with Gasteiger partial charge in [-0.1, -0.05) is 6.08 Å². The molecule has 132 valence electrons. The van der Waals surface area contributed by atoms with Crippen LogP contribution in [0.3, 0.4) is 0 Å². The van der Waals surface area contributed by atoms with Gasteiger partial charge in [-0.3, -0.25) is 25.0 Å². The Kier molecular flexibility index (Phi) is 4.36. The number of carbonyl (C=O) groups excluding carboxylic acids is 1. The Labute approximate surface area is 147 Å². The predicted molar refractivity (Wildman–Crippen MR) is 94.9 cm³/mol. The van der Waals surface area contributed by atoms with Gasteiger partial charge in [-0.05, 0) is 29.8 Å². The van der Waals surface area contributed by atoms with Gasteiger partial charge in [0.05, 0.1) is 15.5 Å². The average molecular weight is 354 g/mol. The van der Waals surface area contributed by atoms with Crippen molar-refractivity contribution < 1.29 is 14.6 Å². The molecule has 0 bridgehead atoms. The number of fused-ring (bicyclic) bond motifs is 1. The molecule has 26 heavy (non-hydrogen) atoms. The molecule has 2 aromatic rings. The molecule has 1 aliphatic heterocycles. The van der Waals surface area contributed by atoms with Crippen LogP contribution >= 0.6 is 0 Å². The predicted octanol–water partition coefficient (Wildman–Crippen LogP) is 2.72. The highest BCUT2D eigenvalue weighted by molar-refractivity contribution is 5.95. The molecule has 1 N–H and O–H groups in total. The SMILES string of the molecule is CN1c2cc([N+](=O)[O-])ccc2C=CC1NC(=O)c1ccc([N+](=O)[O-])cc1. The van der Waals surface area contributed by atoms with Crippen LogP contribution in [0.1, 0.15) is 15.9 Å². The number of anilines is 1. The molecule has 0 aliphatic carbocycles. The molecule has 0 spiro atoms. The third-order valence-corrected chi connectivity index (χ3v) is 4.10. The number of likely N-dealkylation sites (N-methyl/N-ethyl adjacent to an activating group) is 1. The van der Waals surface area contributed by atoms with E-state index in [0.717, 1.165) is 5.56 Å². The van der Waals surface area contributed by atoms with E-state index < -0.39 is 21.9 Å². The first kappa shape index (κ1) is 17.1. The van der Waals surface area contributed by atoms with E-state index in [4.69, 9.17) is 0 Å². The number of nitrogens with zero attached hydrogens (tertiary/aromatic N) is 3. The molecular weight excluding hydrogens is 340 g/mol. The molecule has 0 aromatic heterocycles. The van der Waals surface area contributed by atoms with Crippen LogP contribution in [0.25, 0.3) is 6.08 Å². The van der Waals surface area contributed by atoms with Gasteiger partial charge in [0, 0.05) is 36.9 Å². The molecule has 3 rings (SSSR count). The third-order valence-electron chi connectivity index (χ3n) is 4.10. The summed E-state index contributed by atoms with van der Waals surface area (Å²) < 4.78 is 0. The fourth-order valence-corrected chi connectivity index (χ4v) is 2.66. The Morgan fingerprint density at radius 2 is 1.65 bits per heavy atom. The van der Waals surface area contributed by atoms with E-state index in [1.54, 1.807) is 30.2 Å². The maximum Gasteiger partial charge on any atom is 0.271 e. The van der Waals surface area contributed by atoms with Gasteiger partial charge >= 0.3 is 0 Å². The summed E-state index contributed by atoms with van der Waals surface area (Å²) in [6.45, 7) is 0. The molecule has 0 saturated heterocycles. The van der Waals surface area contributed by atoms with Crippen molar-refractivity contribution in [2.45, 2.75) is 6.17 Å². The van der Waals surface area contributed by atoms with Gasteiger partial charge in [0.25, 0.3) is 17.3 Å². The van der Waals surface area contributed by atoms with Gasteiger partial charge in [-0.15, -0.1) is 0 Å². The summed E-state index contributed by atoms with van der Waals surface area (Å²) in [6, 6.07) is 9.78. The number of benzene rings is 2. The van der Waals surface area contributed by atoms with E-state index in [9.17, 15) is 25.0 Å². The summed E-state index contributed by atoms with van der Waals surface area (Å²) in [5.41, 5.74) is 1.57. The summed E-state index contributed by atoms with van der Waals surface area (Å²) in [4.78, 5) is 34.7. The maximum absolute atomic E-state index is 12.4. The third kappa shape index (κ3) is 3.22. The Bertz CT molecular complexity index is 923. The van der Waals surface area contributed by atoms with E-state index in [-0.39, 0.29) is 16.9 Å². The first-order chi connectivity index (χ1) is 12.4. The van der Waals surface area contributed by atoms with Crippen molar-refractivity contribution in [2.24, 2.45) is 0 Å². The highest BCUT2D eigenvalue weighted by atomic mass is 16.6. The number of amides is 1. The standard InChI is InChI=1S/C17H14N4O5/c1-19-15-10-14(21(25)26)8-2-11(15)5-9-16(19)18-17(22)12-3-6-13(7-4-12)20(23)24/h2-10,16H,1H3,(H,18,22). The van der Waals surface area contributed by atoms with E-state index in [1.165, 1.54) is 36.4 Å². The lowest BCUT2D eigenvalue weighted by Crippen LogP contribution is -2.46. The summed E-state index contributed by atoms with van der Waals surface area (Å²) in [6.07, 6.45) is 3.03. The van der Waals surface area contributed by atoms with E-state index in [0.29, 0.717) is 5.69 Å². The van der Waals surface area contributed by atoms with E-state index in [1.807, 2.05) is 0 Å². The van der Waals surface area contributed by atoms with Crippen LogP contribution < -0.4 is 10.2 Å². The van der Waals surface area contributed by atoms with E-state index >= 15 is 0 Å². The molecular formula is C17H14N4O5. The number of hydrogen-bond acceptors (Lipinski definition) is 6. The molecule has 9 nitrogen and oxygen atoms in total. The van der Waals surface area contributed by atoms with Gasteiger partial charge in [0.2, 0.25) is 0 Å². The molecule has 1 heterocycles. The van der Waals surface area contributed by atoms with Crippen molar-refractivity contribution in [3.63, 3.8) is 0 Å². The maximum atomic E-state index is 12.4. The lowest BCUT2D eigenvalue weighted by atomic mass is 10.1. The zero-order chi connectivity index (χ0) is 18.8. The number of rotatable bonds is 4. The van der Waals surface area contributed by atoms with Crippen molar-refractivity contribution in [1.29, 1.82) is 0 Å². The highest BCUT2D eigenvalue weighted by Gasteiger charge is 2.23. The fourth-order valence-electron chi connectivity index (χ4n) is 2.66. The first-order valence-electron chi connectivity index (χ1n) is 7.61. The lowest BCUT2D eigenvalue weighted by molar-refractivity contribution is -0.385. The number of hydrogen-bond donors (Lipinski definition) is 1. The topological polar surface area (TPSA) is 119 Å². The zero-order valence-corrected chi connectivity index (χ0v) is 13.7. The quantitative estimate of drug-likeness (QED) is 0.666. The fraction of sp³-hybridized carbons (Fsp3) is 0.118. The van der Waals surface area contributed by atoms with Crippen LogP contribution in [0.15, 0.2) is 48.5 Å². The molecule has 0 saturated carbocycles. The lowest BCUT2D eigenvalue weighted by Gasteiger charge is -2.32. The molecule has 0 radical (unpaired) electrons. The Hall–Kier alpha value is -3.75. The highest BCUT2D eigenvalue weighted by Crippen LogP contribution is 2.30. The van der Waals surface area contributed by atoms with Gasteiger partial charge in [-0.25, -0.2) is 0 Å². The Morgan fingerprint density at radius 3 is 2.27 bits per heavy atom. The Balaban J connectivity index is 1.78. The molecule has 1 aliphatic rings. The van der Waals surface area contributed by atoms with Crippen LogP contribution in [0.5, 0.6) is 0 Å². The van der Waals surface area contributed by atoms with Crippen LogP contribution in [0.2, 0.25) is 0 Å². The number of non-ortho nitro benzene ring substituents is 2. The smallest absolute Gasteiger partial charge is 0.271 e. The molecule has 1 amide bonds. The largest absolute Gasteiger partial charge is 0.350 e. The number of nitro groups is 2. The minimum absolute atomic E-state index is 0.0358. The van der Waals surface area contributed by atoms with Crippen LogP contribution in [0, 0.1) is 20.2 Å². The van der Waals surface area contributed by atoms with Crippen LogP contribution in [-0.4, -0.2) is 29.0 Å². The van der Waals surface area contributed by atoms with Crippen LogP contribution in [-0.2, 0) is 0 Å².